The van der Waals surface area contributed by atoms with Gasteiger partial charge in [0.15, 0.2) is 0 Å². The Labute approximate surface area is 101 Å². The minimum absolute atomic E-state index is 0.0833. The van der Waals surface area contributed by atoms with Gasteiger partial charge in [0, 0.05) is 18.5 Å². The molecule has 0 aliphatic carbocycles. The number of amides is 1. The van der Waals surface area contributed by atoms with E-state index in [-0.39, 0.29) is 11.9 Å². The monoisotopic (exact) mass is 243 g/mol. The Hall–Kier alpha value is -1.03. The lowest BCUT2D eigenvalue weighted by atomic mass is 10.2. The molecule has 1 heterocycles. The Balaban J connectivity index is 2.72. The highest BCUT2D eigenvalue weighted by Gasteiger charge is 2.14. The molecule has 0 bridgehead atoms. The van der Waals surface area contributed by atoms with E-state index in [0.29, 0.717) is 18.1 Å². The molecule has 0 aliphatic rings. The summed E-state index contributed by atoms with van der Waals surface area (Å²) in [5.41, 5.74) is 1.47. The first-order chi connectivity index (χ1) is 7.58. The van der Waals surface area contributed by atoms with E-state index < -0.39 is 0 Å². The van der Waals surface area contributed by atoms with E-state index >= 15 is 0 Å². The molecule has 1 atom stereocenters. The lowest BCUT2D eigenvalue weighted by Crippen LogP contribution is -2.34. The Morgan fingerprint density at radius 3 is 2.94 bits per heavy atom. The van der Waals surface area contributed by atoms with Crippen LogP contribution in [0, 0.1) is 6.92 Å². The number of carbonyl (C=O) groups is 1. The molecule has 0 aliphatic heterocycles. The number of halogens is 1. The molecule has 1 aromatic rings. The summed E-state index contributed by atoms with van der Waals surface area (Å²) in [6.07, 6.45) is 0.770. The van der Waals surface area contributed by atoms with Gasteiger partial charge in [-0.25, -0.2) is 0 Å². The van der Waals surface area contributed by atoms with Crippen molar-refractivity contribution < 1.29 is 4.79 Å². The number of hydrogen-bond acceptors (Lipinski definition) is 2. The van der Waals surface area contributed by atoms with Crippen molar-refractivity contribution in [1.29, 1.82) is 0 Å². The number of rotatable bonds is 5. The third-order valence-corrected chi connectivity index (χ3v) is 2.57. The van der Waals surface area contributed by atoms with E-state index in [1.807, 2.05) is 20.8 Å². The van der Waals surface area contributed by atoms with Crippen molar-refractivity contribution in [2.75, 3.05) is 5.88 Å². The summed E-state index contributed by atoms with van der Waals surface area (Å²) in [4.78, 5) is 11.9. The zero-order valence-electron chi connectivity index (χ0n) is 9.96. The van der Waals surface area contributed by atoms with E-state index in [0.717, 1.165) is 12.1 Å². The SMILES string of the molecule is CCn1nc(C)cc1C(=O)NC(C)CCCl. The topological polar surface area (TPSA) is 46.9 Å². The molecule has 0 aromatic carbocycles. The van der Waals surface area contributed by atoms with E-state index in [1.165, 1.54) is 0 Å². The fraction of sp³-hybridized carbons (Fsp3) is 0.636. The number of aryl methyl sites for hydroxylation is 2. The van der Waals surface area contributed by atoms with Crippen LogP contribution < -0.4 is 5.32 Å². The summed E-state index contributed by atoms with van der Waals surface area (Å²) in [6, 6.07) is 1.89. The van der Waals surface area contributed by atoms with Crippen LogP contribution in [0.25, 0.3) is 0 Å². The number of nitrogens with one attached hydrogen (secondary N) is 1. The summed E-state index contributed by atoms with van der Waals surface area (Å²) in [7, 11) is 0. The smallest absolute Gasteiger partial charge is 0.269 e. The van der Waals surface area contributed by atoms with E-state index in [1.54, 1.807) is 10.7 Å². The van der Waals surface area contributed by atoms with Gasteiger partial charge in [-0.2, -0.15) is 5.10 Å². The van der Waals surface area contributed by atoms with Gasteiger partial charge in [-0.15, -0.1) is 11.6 Å². The van der Waals surface area contributed by atoms with Gasteiger partial charge in [-0.05, 0) is 33.3 Å². The Bertz CT molecular complexity index is 362. The molecular weight excluding hydrogens is 226 g/mol. The fourth-order valence-electron chi connectivity index (χ4n) is 1.50. The predicted octanol–water partition coefficient (Wildman–Crippen LogP) is 1.96. The van der Waals surface area contributed by atoms with Crippen LogP contribution >= 0.6 is 11.6 Å². The van der Waals surface area contributed by atoms with Gasteiger partial charge in [-0.1, -0.05) is 0 Å². The van der Waals surface area contributed by atoms with Crippen molar-refractivity contribution in [2.24, 2.45) is 0 Å². The van der Waals surface area contributed by atoms with Crippen molar-refractivity contribution in [2.45, 2.75) is 39.8 Å². The molecule has 0 saturated heterocycles. The second-order valence-electron chi connectivity index (χ2n) is 3.84. The van der Waals surface area contributed by atoms with Gasteiger partial charge in [0.2, 0.25) is 0 Å². The van der Waals surface area contributed by atoms with Gasteiger partial charge in [-0.3, -0.25) is 9.48 Å². The number of alkyl halides is 1. The minimum Gasteiger partial charge on any atom is -0.348 e. The number of hydrogen-bond donors (Lipinski definition) is 1. The molecule has 1 amide bonds. The molecule has 16 heavy (non-hydrogen) atoms. The highest BCUT2D eigenvalue weighted by molar-refractivity contribution is 6.17. The normalized spacial score (nSPS) is 12.5. The molecule has 5 heteroatoms. The van der Waals surface area contributed by atoms with Crippen LogP contribution in [-0.2, 0) is 6.54 Å². The van der Waals surface area contributed by atoms with Crippen molar-refractivity contribution in [1.82, 2.24) is 15.1 Å². The molecule has 0 radical (unpaired) electrons. The summed E-state index contributed by atoms with van der Waals surface area (Å²) in [5, 5.41) is 7.13. The first-order valence-electron chi connectivity index (χ1n) is 5.49. The molecule has 0 spiro atoms. The van der Waals surface area contributed by atoms with Gasteiger partial charge in [0.05, 0.1) is 5.69 Å². The average molecular weight is 244 g/mol. The average Bonchev–Trinajstić information content (AvgIpc) is 2.59. The van der Waals surface area contributed by atoms with Gasteiger partial charge < -0.3 is 5.32 Å². The van der Waals surface area contributed by atoms with Crippen LogP contribution in [-0.4, -0.2) is 27.6 Å². The van der Waals surface area contributed by atoms with Crippen molar-refractivity contribution >= 4 is 17.5 Å². The molecule has 1 rings (SSSR count). The Kier molecular flexibility index (Phi) is 4.80. The zero-order valence-corrected chi connectivity index (χ0v) is 10.7. The van der Waals surface area contributed by atoms with Crippen molar-refractivity contribution in [3.8, 4) is 0 Å². The molecule has 90 valence electrons. The molecule has 1 N–H and O–H groups in total. The molecule has 4 nitrogen and oxygen atoms in total. The third kappa shape index (κ3) is 3.23. The second-order valence-corrected chi connectivity index (χ2v) is 4.22. The predicted molar refractivity (Wildman–Crippen MR) is 64.9 cm³/mol. The first kappa shape index (κ1) is 13.0. The van der Waals surface area contributed by atoms with E-state index in [2.05, 4.69) is 10.4 Å². The second kappa shape index (κ2) is 5.89. The highest BCUT2D eigenvalue weighted by Crippen LogP contribution is 2.05. The first-order valence-corrected chi connectivity index (χ1v) is 6.03. The Morgan fingerprint density at radius 1 is 1.69 bits per heavy atom. The lowest BCUT2D eigenvalue weighted by molar-refractivity contribution is 0.0928. The summed E-state index contributed by atoms with van der Waals surface area (Å²) in [5.74, 6) is 0.466. The fourth-order valence-corrected chi connectivity index (χ4v) is 1.83. The Morgan fingerprint density at radius 2 is 2.38 bits per heavy atom. The standard InChI is InChI=1S/C11H18ClN3O/c1-4-15-10(7-9(3)14-15)11(16)13-8(2)5-6-12/h7-8H,4-6H2,1-3H3,(H,13,16). The summed E-state index contributed by atoms with van der Waals surface area (Å²) in [6.45, 7) is 6.48. The molecule has 1 unspecified atom stereocenters. The van der Waals surface area contributed by atoms with E-state index in [9.17, 15) is 4.79 Å². The van der Waals surface area contributed by atoms with Crippen LogP contribution in [0.5, 0.6) is 0 Å². The van der Waals surface area contributed by atoms with Crippen LogP contribution in [0.3, 0.4) is 0 Å². The molecule has 0 fully saturated rings. The maximum Gasteiger partial charge on any atom is 0.269 e. The van der Waals surface area contributed by atoms with Gasteiger partial charge >= 0.3 is 0 Å². The van der Waals surface area contributed by atoms with Crippen molar-refractivity contribution in [3.63, 3.8) is 0 Å². The van der Waals surface area contributed by atoms with Crippen LogP contribution in [0.4, 0.5) is 0 Å². The zero-order chi connectivity index (χ0) is 12.1. The number of carbonyl (C=O) groups excluding carboxylic acids is 1. The van der Waals surface area contributed by atoms with E-state index in [4.69, 9.17) is 11.6 Å². The lowest BCUT2D eigenvalue weighted by Gasteiger charge is -2.12. The minimum atomic E-state index is -0.0833. The quantitative estimate of drug-likeness (QED) is 0.804. The maximum absolute atomic E-state index is 11.9. The largest absolute Gasteiger partial charge is 0.348 e. The third-order valence-electron chi connectivity index (χ3n) is 2.35. The maximum atomic E-state index is 11.9. The summed E-state index contributed by atoms with van der Waals surface area (Å²) >= 11 is 5.62. The highest BCUT2D eigenvalue weighted by atomic mass is 35.5. The van der Waals surface area contributed by atoms with Crippen LogP contribution in [0.2, 0.25) is 0 Å². The van der Waals surface area contributed by atoms with Crippen LogP contribution in [0.15, 0.2) is 6.07 Å². The van der Waals surface area contributed by atoms with Gasteiger partial charge in [0.1, 0.15) is 5.69 Å². The van der Waals surface area contributed by atoms with Gasteiger partial charge in [0.25, 0.3) is 5.91 Å². The number of nitrogens with zero attached hydrogens (tertiary/aromatic N) is 2. The number of aromatic nitrogens is 2. The molecule has 0 saturated carbocycles. The van der Waals surface area contributed by atoms with Crippen molar-refractivity contribution in [3.05, 3.63) is 17.5 Å². The molecular formula is C11H18ClN3O. The molecule has 1 aromatic heterocycles. The summed E-state index contributed by atoms with van der Waals surface area (Å²) < 4.78 is 1.71. The van der Waals surface area contributed by atoms with Crippen LogP contribution in [0.1, 0.15) is 36.5 Å².